The first kappa shape index (κ1) is 14.5. The molecule has 108 valence electrons. The molecule has 2 rings (SSSR count). The molecule has 0 aromatic heterocycles. The molecule has 0 radical (unpaired) electrons. The highest BCUT2D eigenvalue weighted by molar-refractivity contribution is 7.89. The van der Waals surface area contributed by atoms with Gasteiger partial charge in [0.2, 0.25) is 15.9 Å². The molecular formula is C12H14N2O5S. The van der Waals surface area contributed by atoms with Gasteiger partial charge in [0.1, 0.15) is 0 Å². The van der Waals surface area contributed by atoms with Gasteiger partial charge < -0.3 is 10.4 Å². The molecular weight excluding hydrogens is 284 g/mol. The quantitative estimate of drug-likeness (QED) is 0.721. The molecule has 3 N–H and O–H groups in total. The van der Waals surface area contributed by atoms with Crippen LogP contribution in [0, 0.1) is 0 Å². The maximum atomic E-state index is 12.1. The second-order valence-electron chi connectivity index (χ2n) is 4.49. The van der Waals surface area contributed by atoms with Crippen LogP contribution in [-0.4, -0.2) is 38.0 Å². The molecule has 1 fully saturated rings. The van der Waals surface area contributed by atoms with Crippen LogP contribution < -0.4 is 10.0 Å². The van der Waals surface area contributed by atoms with Gasteiger partial charge in [-0.2, -0.15) is 0 Å². The zero-order valence-electron chi connectivity index (χ0n) is 10.5. The van der Waals surface area contributed by atoms with Crippen molar-refractivity contribution in [3.63, 3.8) is 0 Å². The Hall–Kier alpha value is -1.93. The summed E-state index contributed by atoms with van der Waals surface area (Å²) in [5.41, 5.74) is 0.0221. The molecule has 1 aromatic carbocycles. The Morgan fingerprint density at radius 1 is 1.30 bits per heavy atom. The smallest absolute Gasteiger partial charge is 0.335 e. The fraction of sp³-hybridized carbons (Fsp3) is 0.333. The molecule has 1 amide bonds. The fourth-order valence-electron chi connectivity index (χ4n) is 1.90. The summed E-state index contributed by atoms with van der Waals surface area (Å²) < 4.78 is 26.7. The number of carboxylic acids is 1. The molecule has 20 heavy (non-hydrogen) atoms. The van der Waals surface area contributed by atoms with Crippen LogP contribution in [0.4, 0.5) is 0 Å². The molecule has 0 spiro atoms. The SMILES string of the molecule is O=C1CCC(NS(=O)(=O)c2ccc(C(=O)O)cc2)CN1. The third-order valence-electron chi connectivity index (χ3n) is 3.00. The van der Waals surface area contributed by atoms with Crippen molar-refractivity contribution in [2.24, 2.45) is 0 Å². The number of benzene rings is 1. The topological polar surface area (TPSA) is 113 Å². The molecule has 1 aromatic rings. The lowest BCUT2D eigenvalue weighted by Gasteiger charge is -2.23. The maximum absolute atomic E-state index is 12.1. The van der Waals surface area contributed by atoms with Gasteiger partial charge in [0.25, 0.3) is 0 Å². The average molecular weight is 298 g/mol. The number of nitrogens with one attached hydrogen (secondary N) is 2. The minimum absolute atomic E-state index is 0.000556. The number of sulfonamides is 1. The summed E-state index contributed by atoms with van der Waals surface area (Å²) in [4.78, 5) is 21.7. The molecule has 0 bridgehead atoms. The van der Waals surface area contributed by atoms with Gasteiger partial charge in [-0.05, 0) is 30.7 Å². The van der Waals surface area contributed by atoms with E-state index in [1.165, 1.54) is 24.3 Å². The lowest BCUT2D eigenvalue weighted by atomic mass is 10.1. The lowest BCUT2D eigenvalue weighted by molar-refractivity contribution is -0.122. The van der Waals surface area contributed by atoms with E-state index in [2.05, 4.69) is 10.0 Å². The second-order valence-corrected chi connectivity index (χ2v) is 6.20. The first-order valence-corrected chi connectivity index (χ1v) is 7.49. The van der Waals surface area contributed by atoms with Crippen LogP contribution in [0.25, 0.3) is 0 Å². The van der Waals surface area contributed by atoms with Crippen LogP contribution >= 0.6 is 0 Å². The van der Waals surface area contributed by atoms with Gasteiger partial charge in [0.05, 0.1) is 10.5 Å². The van der Waals surface area contributed by atoms with Crippen molar-refractivity contribution < 1.29 is 23.1 Å². The minimum atomic E-state index is -3.71. The Labute approximate surface area is 116 Å². The van der Waals surface area contributed by atoms with Crippen molar-refractivity contribution >= 4 is 21.9 Å². The second kappa shape index (κ2) is 5.59. The highest BCUT2D eigenvalue weighted by Crippen LogP contribution is 2.13. The van der Waals surface area contributed by atoms with Crippen molar-refractivity contribution in [2.45, 2.75) is 23.8 Å². The van der Waals surface area contributed by atoms with Crippen molar-refractivity contribution in [3.8, 4) is 0 Å². The monoisotopic (exact) mass is 298 g/mol. The highest BCUT2D eigenvalue weighted by atomic mass is 32.2. The predicted molar refractivity (Wildman–Crippen MR) is 69.8 cm³/mol. The number of amides is 1. The summed E-state index contributed by atoms with van der Waals surface area (Å²) in [6.07, 6.45) is 0.726. The molecule has 1 unspecified atom stereocenters. The first-order valence-electron chi connectivity index (χ1n) is 6.01. The van der Waals surface area contributed by atoms with E-state index >= 15 is 0 Å². The number of carboxylic acid groups (broad SMARTS) is 1. The zero-order chi connectivity index (χ0) is 14.8. The summed E-state index contributed by atoms with van der Waals surface area (Å²) in [5.74, 6) is -1.21. The first-order chi connectivity index (χ1) is 9.38. The van der Waals surface area contributed by atoms with Crippen molar-refractivity contribution in [2.75, 3.05) is 6.54 Å². The van der Waals surface area contributed by atoms with E-state index in [1.54, 1.807) is 0 Å². The number of hydrogen-bond donors (Lipinski definition) is 3. The van der Waals surface area contributed by atoms with Crippen LogP contribution in [-0.2, 0) is 14.8 Å². The number of piperidine rings is 1. The minimum Gasteiger partial charge on any atom is -0.478 e. The molecule has 1 saturated heterocycles. The Balaban J connectivity index is 2.10. The number of aromatic carboxylic acids is 1. The predicted octanol–water partition coefficient (Wildman–Crippen LogP) is -0.0583. The molecule has 7 nitrogen and oxygen atoms in total. The van der Waals surface area contributed by atoms with Crippen molar-refractivity contribution in [1.82, 2.24) is 10.0 Å². The van der Waals surface area contributed by atoms with Gasteiger partial charge in [-0.1, -0.05) is 0 Å². The number of carbonyl (C=O) groups excluding carboxylic acids is 1. The molecule has 1 atom stereocenters. The number of rotatable bonds is 4. The van der Waals surface area contributed by atoms with Gasteiger partial charge >= 0.3 is 5.97 Å². The van der Waals surface area contributed by atoms with Crippen molar-refractivity contribution in [3.05, 3.63) is 29.8 Å². The average Bonchev–Trinajstić information content (AvgIpc) is 2.41. The summed E-state index contributed by atoms with van der Waals surface area (Å²) in [6.45, 7) is 0.255. The number of carbonyl (C=O) groups is 2. The van der Waals surface area contributed by atoms with Gasteiger partial charge in [-0.25, -0.2) is 17.9 Å². The van der Waals surface area contributed by atoms with Crippen LogP contribution in [0.2, 0.25) is 0 Å². The van der Waals surface area contributed by atoms with Gasteiger partial charge in [0.15, 0.2) is 0 Å². The summed E-state index contributed by atoms with van der Waals surface area (Å²) in [6, 6.07) is 4.61. The molecule has 0 aliphatic carbocycles. The van der Waals surface area contributed by atoms with E-state index in [-0.39, 0.29) is 35.4 Å². The summed E-state index contributed by atoms with van der Waals surface area (Å²) in [7, 11) is -3.71. The van der Waals surface area contributed by atoms with Crippen LogP contribution in [0.1, 0.15) is 23.2 Å². The molecule has 0 saturated carbocycles. The summed E-state index contributed by atoms with van der Waals surface area (Å²) in [5, 5.41) is 11.3. The normalized spacial score (nSPS) is 19.4. The standard InChI is InChI=1S/C12H14N2O5S/c15-11-6-3-9(7-13-11)14-20(18,19)10-4-1-8(2-5-10)12(16)17/h1-2,4-5,9,14H,3,6-7H2,(H,13,15)(H,16,17). The lowest BCUT2D eigenvalue weighted by Crippen LogP contribution is -2.47. The largest absolute Gasteiger partial charge is 0.478 e. The Bertz CT molecular complexity index is 614. The van der Waals surface area contributed by atoms with E-state index in [0.29, 0.717) is 6.42 Å². The van der Waals surface area contributed by atoms with Crippen LogP contribution in [0.15, 0.2) is 29.2 Å². The Morgan fingerprint density at radius 2 is 1.95 bits per heavy atom. The van der Waals surface area contributed by atoms with Gasteiger partial charge in [-0.15, -0.1) is 0 Å². The summed E-state index contributed by atoms with van der Waals surface area (Å²) >= 11 is 0. The van der Waals surface area contributed by atoms with E-state index in [0.717, 1.165) is 0 Å². The fourth-order valence-corrected chi connectivity index (χ4v) is 3.17. The highest BCUT2D eigenvalue weighted by Gasteiger charge is 2.24. The molecule has 8 heteroatoms. The zero-order valence-corrected chi connectivity index (χ0v) is 11.3. The van der Waals surface area contributed by atoms with E-state index in [1.807, 2.05) is 0 Å². The van der Waals surface area contributed by atoms with E-state index in [9.17, 15) is 18.0 Å². The van der Waals surface area contributed by atoms with Crippen LogP contribution in [0.5, 0.6) is 0 Å². The molecule has 1 heterocycles. The molecule has 1 aliphatic heterocycles. The van der Waals surface area contributed by atoms with Gasteiger partial charge in [-0.3, -0.25) is 4.79 Å². The van der Waals surface area contributed by atoms with E-state index in [4.69, 9.17) is 5.11 Å². The Kier molecular flexibility index (Phi) is 4.05. The third kappa shape index (κ3) is 3.34. The maximum Gasteiger partial charge on any atom is 0.335 e. The van der Waals surface area contributed by atoms with Crippen LogP contribution in [0.3, 0.4) is 0 Å². The third-order valence-corrected chi connectivity index (χ3v) is 4.54. The molecule has 1 aliphatic rings. The van der Waals surface area contributed by atoms with Gasteiger partial charge in [0, 0.05) is 19.0 Å². The van der Waals surface area contributed by atoms with Crippen molar-refractivity contribution in [1.29, 1.82) is 0 Å². The Morgan fingerprint density at radius 3 is 2.45 bits per heavy atom. The van der Waals surface area contributed by atoms with E-state index < -0.39 is 16.0 Å². The number of hydrogen-bond acceptors (Lipinski definition) is 4.